The van der Waals surface area contributed by atoms with Crippen LogP contribution in [0.3, 0.4) is 0 Å². The van der Waals surface area contributed by atoms with Gasteiger partial charge in [-0.25, -0.2) is 4.79 Å². The van der Waals surface area contributed by atoms with Crippen LogP contribution in [0.1, 0.15) is 5.56 Å². The number of aryl methyl sites for hydroxylation is 1. The van der Waals surface area contributed by atoms with E-state index in [1.807, 2.05) is 19.1 Å². The maximum atomic E-state index is 12.1. The third-order valence-corrected chi connectivity index (χ3v) is 4.14. The van der Waals surface area contributed by atoms with Gasteiger partial charge in [0.05, 0.1) is 0 Å². The van der Waals surface area contributed by atoms with Gasteiger partial charge in [0.1, 0.15) is 11.8 Å². The molecule has 1 N–H and O–H groups in total. The van der Waals surface area contributed by atoms with E-state index in [4.69, 9.17) is 9.84 Å². The highest BCUT2D eigenvalue weighted by molar-refractivity contribution is 7.99. The van der Waals surface area contributed by atoms with E-state index >= 15 is 0 Å². The molecule has 1 amide bonds. The Bertz CT molecular complexity index is 488. The molecule has 1 fully saturated rings. The molecule has 1 heterocycles. The van der Waals surface area contributed by atoms with Crippen molar-refractivity contribution in [2.45, 2.75) is 13.0 Å². The predicted octanol–water partition coefficient (Wildman–Crippen LogP) is 1.40. The van der Waals surface area contributed by atoms with Gasteiger partial charge in [-0.1, -0.05) is 17.7 Å². The van der Waals surface area contributed by atoms with E-state index in [-0.39, 0.29) is 12.5 Å². The largest absolute Gasteiger partial charge is 0.484 e. The molecule has 1 atom stereocenters. The lowest BCUT2D eigenvalue weighted by Gasteiger charge is -2.32. The first kappa shape index (κ1) is 14.7. The molecule has 1 saturated heterocycles. The van der Waals surface area contributed by atoms with Crippen LogP contribution in [-0.4, -0.2) is 52.6 Å². The Morgan fingerprint density at radius 3 is 2.75 bits per heavy atom. The number of carbonyl (C=O) groups is 2. The molecule has 1 aromatic rings. The molecule has 6 heteroatoms. The second-order valence-corrected chi connectivity index (χ2v) is 5.77. The molecule has 0 radical (unpaired) electrons. The van der Waals surface area contributed by atoms with E-state index in [1.54, 1.807) is 23.9 Å². The molecule has 1 unspecified atom stereocenters. The van der Waals surface area contributed by atoms with Crippen LogP contribution >= 0.6 is 11.8 Å². The van der Waals surface area contributed by atoms with Gasteiger partial charge in [0.15, 0.2) is 6.61 Å². The minimum absolute atomic E-state index is 0.127. The van der Waals surface area contributed by atoms with Crippen molar-refractivity contribution in [2.24, 2.45) is 0 Å². The van der Waals surface area contributed by atoms with Crippen LogP contribution < -0.4 is 4.74 Å². The van der Waals surface area contributed by atoms with Crippen LogP contribution in [-0.2, 0) is 9.59 Å². The quantitative estimate of drug-likeness (QED) is 0.909. The molecule has 1 aliphatic heterocycles. The van der Waals surface area contributed by atoms with E-state index in [9.17, 15) is 9.59 Å². The Balaban J connectivity index is 1.93. The van der Waals surface area contributed by atoms with E-state index < -0.39 is 12.0 Å². The van der Waals surface area contributed by atoms with Crippen molar-refractivity contribution in [1.82, 2.24) is 4.90 Å². The van der Waals surface area contributed by atoms with Crippen LogP contribution in [0.5, 0.6) is 5.75 Å². The number of carbonyl (C=O) groups excluding carboxylic acids is 1. The Morgan fingerprint density at radius 2 is 2.10 bits per heavy atom. The lowest BCUT2D eigenvalue weighted by Crippen LogP contribution is -2.51. The summed E-state index contributed by atoms with van der Waals surface area (Å²) in [5.41, 5.74) is 1.11. The van der Waals surface area contributed by atoms with Gasteiger partial charge in [-0.2, -0.15) is 11.8 Å². The second kappa shape index (κ2) is 6.65. The van der Waals surface area contributed by atoms with Crippen LogP contribution in [0.15, 0.2) is 24.3 Å². The average molecular weight is 295 g/mol. The van der Waals surface area contributed by atoms with Crippen LogP contribution in [0.25, 0.3) is 0 Å². The highest BCUT2D eigenvalue weighted by Gasteiger charge is 2.32. The summed E-state index contributed by atoms with van der Waals surface area (Å²) in [4.78, 5) is 24.6. The van der Waals surface area contributed by atoms with Crippen molar-refractivity contribution in [3.05, 3.63) is 29.8 Å². The molecule has 0 aromatic heterocycles. The summed E-state index contributed by atoms with van der Waals surface area (Å²) < 4.78 is 5.41. The molecule has 108 valence electrons. The molecule has 2 rings (SSSR count). The number of aliphatic carboxylic acids is 1. The molecule has 20 heavy (non-hydrogen) atoms. The lowest BCUT2D eigenvalue weighted by atomic mass is 10.2. The number of carboxylic acids is 1. The molecule has 1 aliphatic rings. The van der Waals surface area contributed by atoms with Crippen LogP contribution in [0.2, 0.25) is 0 Å². The van der Waals surface area contributed by atoms with Crippen LogP contribution in [0, 0.1) is 6.92 Å². The number of carboxylic acid groups (broad SMARTS) is 1. The SMILES string of the molecule is Cc1ccc(OCC(=O)N2CCSCC2C(=O)O)cc1. The number of hydrogen-bond acceptors (Lipinski definition) is 4. The zero-order valence-electron chi connectivity index (χ0n) is 11.2. The van der Waals surface area contributed by atoms with Crippen LogP contribution in [0.4, 0.5) is 0 Å². The van der Waals surface area contributed by atoms with E-state index in [2.05, 4.69) is 0 Å². The zero-order valence-corrected chi connectivity index (χ0v) is 12.1. The van der Waals surface area contributed by atoms with Gasteiger partial charge in [0, 0.05) is 18.1 Å². The van der Waals surface area contributed by atoms with Crippen molar-refractivity contribution in [2.75, 3.05) is 24.7 Å². The van der Waals surface area contributed by atoms with Crippen molar-refractivity contribution in [1.29, 1.82) is 0 Å². The number of benzene rings is 1. The van der Waals surface area contributed by atoms with Gasteiger partial charge in [0.25, 0.3) is 5.91 Å². The number of ether oxygens (including phenoxy) is 1. The first-order chi connectivity index (χ1) is 9.58. The highest BCUT2D eigenvalue weighted by Crippen LogP contribution is 2.17. The number of thioether (sulfide) groups is 1. The summed E-state index contributed by atoms with van der Waals surface area (Å²) in [5, 5.41) is 9.13. The second-order valence-electron chi connectivity index (χ2n) is 4.62. The maximum Gasteiger partial charge on any atom is 0.327 e. The molecular weight excluding hydrogens is 278 g/mol. The molecule has 0 aliphatic carbocycles. The molecule has 0 spiro atoms. The van der Waals surface area contributed by atoms with Crippen molar-refractivity contribution >= 4 is 23.6 Å². The third-order valence-electron chi connectivity index (χ3n) is 3.12. The van der Waals surface area contributed by atoms with Crippen molar-refractivity contribution < 1.29 is 19.4 Å². The first-order valence-corrected chi connectivity index (χ1v) is 7.53. The molecule has 0 bridgehead atoms. The summed E-state index contributed by atoms with van der Waals surface area (Å²) in [7, 11) is 0. The molecule has 5 nitrogen and oxygen atoms in total. The number of rotatable bonds is 4. The highest BCUT2D eigenvalue weighted by atomic mass is 32.2. The fraction of sp³-hybridized carbons (Fsp3) is 0.429. The number of amides is 1. The lowest BCUT2D eigenvalue weighted by molar-refractivity contribution is -0.150. The van der Waals surface area contributed by atoms with Crippen molar-refractivity contribution in [3.63, 3.8) is 0 Å². The third kappa shape index (κ3) is 3.66. The minimum Gasteiger partial charge on any atom is -0.484 e. The monoisotopic (exact) mass is 295 g/mol. The van der Waals surface area contributed by atoms with Gasteiger partial charge in [0.2, 0.25) is 0 Å². The van der Waals surface area contributed by atoms with Gasteiger partial charge in [-0.05, 0) is 19.1 Å². The zero-order chi connectivity index (χ0) is 14.5. The van der Waals surface area contributed by atoms with Gasteiger partial charge >= 0.3 is 5.97 Å². The maximum absolute atomic E-state index is 12.1. The average Bonchev–Trinajstić information content (AvgIpc) is 2.46. The Kier molecular flexibility index (Phi) is 4.89. The van der Waals surface area contributed by atoms with E-state index in [0.29, 0.717) is 18.0 Å². The minimum atomic E-state index is -0.958. The predicted molar refractivity (Wildman–Crippen MR) is 77.1 cm³/mol. The fourth-order valence-corrected chi connectivity index (χ4v) is 3.01. The first-order valence-electron chi connectivity index (χ1n) is 6.37. The summed E-state index contributed by atoms with van der Waals surface area (Å²) in [6, 6.07) is 6.64. The molecule has 0 saturated carbocycles. The van der Waals surface area contributed by atoms with Gasteiger partial charge in [-0.15, -0.1) is 0 Å². The van der Waals surface area contributed by atoms with E-state index in [0.717, 1.165) is 11.3 Å². The number of nitrogens with zero attached hydrogens (tertiary/aromatic N) is 1. The molecule has 1 aromatic carbocycles. The topological polar surface area (TPSA) is 66.8 Å². The standard InChI is InChI=1S/C14H17NO4S/c1-10-2-4-11(5-3-10)19-8-13(16)15-6-7-20-9-12(15)14(17)18/h2-5,12H,6-9H2,1H3,(H,17,18). The summed E-state index contributed by atoms with van der Waals surface area (Å²) in [6.07, 6.45) is 0. The summed E-state index contributed by atoms with van der Waals surface area (Å²) >= 11 is 1.55. The number of hydrogen-bond donors (Lipinski definition) is 1. The van der Waals surface area contributed by atoms with Gasteiger partial charge in [-0.3, -0.25) is 4.79 Å². The Labute approximate surface area is 121 Å². The molecular formula is C14H17NO4S. The fourth-order valence-electron chi connectivity index (χ4n) is 1.97. The Morgan fingerprint density at radius 1 is 1.40 bits per heavy atom. The van der Waals surface area contributed by atoms with E-state index in [1.165, 1.54) is 4.90 Å². The summed E-state index contributed by atoms with van der Waals surface area (Å²) in [5.74, 6) is 0.576. The van der Waals surface area contributed by atoms with Gasteiger partial charge < -0.3 is 14.7 Å². The summed E-state index contributed by atoms with van der Waals surface area (Å²) in [6.45, 7) is 2.30. The Hall–Kier alpha value is -1.69. The smallest absolute Gasteiger partial charge is 0.327 e. The van der Waals surface area contributed by atoms with Crippen molar-refractivity contribution in [3.8, 4) is 5.75 Å². The normalized spacial score (nSPS) is 18.6.